The second-order valence-corrected chi connectivity index (χ2v) is 16.6. The van der Waals surface area contributed by atoms with Crippen molar-refractivity contribution < 1.29 is 28.6 Å². The molecule has 0 rings (SSSR count). The highest BCUT2D eigenvalue weighted by Crippen LogP contribution is 2.17. The molecule has 0 heterocycles. The highest BCUT2D eigenvalue weighted by atomic mass is 16.6. The van der Waals surface area contributed by atoms with Crippen LogP contribution >= 0.6 is 0 Å². The zero-order valence-electron chi connectivity index (χ0n) is 36.7. The van der Waals surface area contributed by atoms with Crippen LogP contribution in [0.1, 0.15) is 265 Å². The molecular weight excluding hydrogens is 673 g/mol. The molecule has 0 aromatic carbocycles. The van der Waals surface area contributed by atoms with Gasteiger partial charge in [0.05, 0.1) is 0 Å². The van der Waals surface area contributed by atoms with Gasteiger partial charge in [-0.1, -0.05) is 227 Å². The van der Waals surface area contributed by atoms with Crippen molar-refractivity contribution in [3.05, 3.63) is 0 Å². The fourth-order valence-corrected chi connectivity index (χ4v) is 7.12. The van der Waals surface area contributed by atoms with Crippen molar-refractivity contribution in [2.24, 2.45) is 5.92 Å². The normalized spacial score (nSPS) is 12.4. The summed E-state index contributed by atoms with van der Waals surface area (Å²) in [5, 5.41) is 0. The molecule has 1 unspecified atom stereocenters. The summed E-state index contributed by atoms with van der Waals surface area (Å²) in [6.45, 7) is 8.95. The molecule has 0 aliphatic rings. The van der Waals surface area contributed by atoms with E-state index in [9.17, 15) is 14.4 Å². The molecule has 0 aliphatic carbocycles. The SMILES string of the molecule is CCCCCCCCCCCCCCCCCCCC(=O)OC[C@@H](COC(=O)CCCCCCC)OC(=O)CCCCCCCCCCCCC(C)CC. The summed E-state index contributed by atoms with van der Waals surface area (Å²) in [7, 11) is 0. The van der Waals surface area contributed by atoms with E-state index >= 15 is 0 Å². The maximum atomic E-state index is 12.7. The number of carbonyl (C=O) groups is 3. The molecule has 0 N–H and O–H groups in total. The van der Waals surface area contributed by atoms with E-state index in [1.807, 2.05) is 0 Å². The molecule has 0 aromatic rings. The molecule has 0 saturated carbocycles. The minimum absolute atomic E-state index is 0.0645. The van der Waals surface area contributed by atoms with Crippen LogP contribution in [0.3, 0.4) is 0 Å². The first-order chi connectivity index (χ1) is 26.4. The van der Waals surface area contributed by atoms with E-state index < -0.39 is 6.10 Å². The van der Waals surface area contributed by atoms with Gasteiger partial charge in [-0.25, -0.2) is 0 Å². The minimum atomic E-state index is -0.758. The smallest absolute Gasteiger partial charge is 0.306 e. The molecule has 0 radical (unpaired) electrons. The third-order valence-corrected chi connectivity index (χ3v) is 11.2. The first-order valence-corrected chi connectivity index (χ1v) is 23.9. The third kappa shape index (κ3) is 40.1. The van der Waals surface area contributed by atoms with Crippen LogP contribution in [-0.4, -0.2) is 37.2 Å². The number of rotatable bonds is 43. The average Bonchev–Trinajstić information content (AvgIpc) is 3.17. The molecule has 0 amide bonds. The summed E-state index contributed by atoms with van der Waals surface area (Å²) >= 11 is 0. The number of hydrogen-bond acceptors (Lipinski definition) is 6. The lowest BCUT2D eigenvalue weighted by atomic mass is 9.99. The van der Waals surface area contributed by atoms with Crippen molar-refractivity contribution in [2.45, 2.75) is 271 Å². The van der Waals surface area contributed by atoms with E-state index in [2.05, 4.69) is 27.7 Å². The molecule has 6 nitrogen and oxygen atoms in total. The van der Waals surface area contributed by atoms with Crippen molar-refractivity contribution in [3.8, 4) is 0 Å². The Hall–Kier alpha value is -1.59. The maximum Gasteiger partial charge on any atom is 0.306 e. The van der Waals surface area contributed by atoms with Crippen molar-refractivity contribution in [1.29, 1.82) is 0 Å². The summed E-state index contributed by atoms with van der Waals surface area (Å²) in [6, 6.07) is 0. The van der Waals surface area contributed by atoms with Crippen LogP contribution < -0.4 is 0 Å². The van der Waals surface area contributed by atoms with Crippen LogP contribution in [0.5, 0.6) is 0 Å². The van der Waals surface area contributed by atoms with Gasteiger partial charge in [-0.3, -0.25) is 14.4 Å². The van der Waals surface area contributed by atoms with Crippen LogP contribution in [0, 0.1) is 5.92 Å². The van der Waals surface area contributed by atoms with Crippen molar-refractivity contribution in [1.82, 2.24) is 0 Å². The second-order valence-electron chi connectivity index (χ2n) is 16.6. The van der Waals surface area contributed by atoms with E-state index in [1.165, 1.54) is 154 Å². The van der Waals surface area contributed by atoms with Crippen molar-refractivity contribution >= 4 is 17.9 Å². The van der Waals surface area contributed by atoms with Crippen molar-refractivity contribution in [3.63, 3.8) is 0 Å². The lowest BCUT2D eigenvalue weighted by Gasteiger charge is -2.18. The topological polar surface area (TPSA) is 78.9 Å². The molecule has 0 spiro atoms. The number of hydrogen-bond donors (Lipinski definition) is 0. The Morgan fingerprint density at radius 2 is 0.648 bits per heavy atom. The van der Waals surface area contributed by atoms with E-state index in [1.54, 1.807) is 0 Å². The Kier molecular flexibility index (Phi) is 41.3. The first kappa shape index (κ1) is 52.4. The number of unbranched alkanes of at least 4 members (excludes halogenated alkanes) is 29. The highest BCUT2D eigenvalue weighted by molar-refractivity contribution is 5.71. The fourth-order valence-electron chi connectivity index (χ4n) is 7.12. The van der Waals surface area contributed by atoms with Crippen LogP contribution in [0.4, 0.5) is 0 Å². The zero-order valence-corrected chi connectivity index (χ0v) is 36.7. The van der Waals surface area contributed by atoms with E-state index in [4.69, 9.17) is 14.2 Å². The Morgan fingerprint density at radius 1 is 0.370 bits per heavy atom. The monoisotopic (exact) mass is 765 g/mol. The molecule has 2 atom stereocenters. The van der Waals surface area contributed by atoms with Gasteiger partial charge >= 0.3 is 17.9 Å². The van der Waals surface area contributed by atoms with Crippen LogP contribution in [0.15, 0.2) is 0 Å². The standard InChI is InChI=1S/C48H92O6/c1-5-8-10-12-13-14-15-16-17-18-19-20-21-25-28-32-36-40-47(50)53-43-45(42-52-46(49)39-35-30-11-9-6-2)54-48(51)41-37-33-29-26-23-22-24-27-31-34-38-44(4)7-3/h44-45H,5-43H2,1-4H3/t44?,45-/m1/s1. The molecule has 0 aromatic heterocycles. The van der Waals surface area contributed by atoms with Crippen molar-refractivity contribution in [2.75, 3.05) is 13.2 Å². The Balaban J connectivity index is 4.15. The summed E-state index contributed by atoms with van der Waals surface area (Å²) in [5.41, 5.74) is 0. The van der Waals surface area contributed by atoms with Gasteiger partial charge in [-0.05, 0) is 25.2 Å². The fraction of sp³-hybridized carbons (Fsp3) is 0.938. The quantitative estimate of drug-likeness (QED) is 0.0349. The molecular formula is C48H92O6. The van der Waals surface area contributed by atoms with Crippen LogP contribution in [0.25, 0.3) is 0 Å². The number of carbonyl (C=O) groups excluding carboxylic acids is 3. The largest absolute Gasteiger partial charge is 0.462 e. The molecule has 0 aliphatic heterocycles. The zero-order chi connectivity index (χ0) is 39.6. The summed E-state index contributed by atoms with van der Waals surface area (Å²) in [5.74, 6) is 0.00221. The van der Waals surface area contributed by atoms with E-state index in [-0.39, 0.29) is 31.1 Å². The summed E-state index contributed by atoms with van der Waals surface area (Å²) < 4.78 is 16.6. The van der Waals surface area contributed by atoms with Gasteiger partial charge in [0.2, 0.25) is 0 Å². The van der Waals surface area contributed by atoms with Gasteiger partial charge in [0.25, 0.3) is 0 Å². The summed E-state index contributed by atoms with van der Waals surface area (Å²) in [4.78, 5) is 37.5. The molecule has 320 valence electrons. The number of ether oxygens (including phenoxy) is 3. The highest BCUT2D eigenvalue weighted by Gasteiger charge is 2.19. The predicted octanol–water partition coefficient (Wildman–Crippen LogP) is 15.1. The Bertz CT molecular complexity index is 813. The average molecular weight is 765 g/mol. The van der Waals surface area contributed by atoms with E-state index in [0.717, 1.165) is 70.1 Å². The van der Waals surface area contributed by atoms with Gasteiger partial charge in [0.15, 0.2) is 6.10 Å². The first-order valence-electron chi connectivity index (χ1n) is 23.9. The third-order valence-electron chi connectivity index (χ3n) is 11.2. The minimum Gasteiger partial charge on any atom is -0.462 e. The molecule has 6 heteroatoms. The molecule has 0 saturated heterocycles. The Morgan fingerprint density at radius 3 is 0.963 bits per heavy atom. The van der Waals surface area contributed by atoms with Gasteiger partial charge in [0, 0.05) is 19.3 Å². The van der Waals surface area contributed by atoms with Gasteiger partial charge in [-0.15, -0.1) is 0 Å². The van der Waals surface area contributed by atoms with Gasteiger partial charge < -0.3 is 14.2 Å². The van der Waals surface area contributed by atoms with Gasteiger partial charge in [-0.2, -0.15) is 0 Å². The van der Waals surface area contributed by atoms with Crippen LogP contribution in [-0.2, 0) is 28.6 Å². The summed E-state index contributed by atoms with van der Waals surface area (Å²) in [6.07, 6.45) is 42.5. The van der Waals surface area contributed by atoms with E-state index in [0.29, 0.717) is 19.3 Å². The van der Waals surface area contributed by atoms with Gasteiger partial charge in [0.1, 0.15) is 13.2 Å². The molecule has 0 bridgehead atoms. The lowest BCUT2D eigenvalue weighted by molar-refractivity contribution is -0.167. The Labute approximate surface area is 336 Å². The van der Waals surface area contributed by atoms with Crippen LogP contribution in [0.2, 0.25) is 0 Å². The molecule has 54 heavy (non-hydrogen) atoms. The lowest BCUT2D eigenvalue weighted by Crippen LogP contribution is -2.30. The number of esters is 3. The maximum absolute atomic E-state index is 12.7. The predicted molar refractivity (Wildman–Crippen MR) is 229 cm³/mol. The molecule has 0 fully saturated rings. The second kappa shape index (κ2) is 42.6.